The van der Waals surface area contributed by atoms with Crippen molar-refractivity contribution in [3.8, 4) is 6.07 Å². The van der Waals surface area contributed by atoms with Crippen molar-refractivity contribution in [2.45, 2.75) is 22.8 Å². The summed E-state index contributed by atoms with van der Waals surface area (Å²) in [5, 5.41) is 20.9. The second kappa shape index (κ2) is 7.64. The van der Waals surface area contributed by atoms with Gasteiger partial charge < -0.3 is 10.4 Å². The maximum absolute atomic E-state index is 11.8. The lowest BCUT2D eigenvalue weighted by atomic mass is 10.2. The normalized spacial score (nSPS) is 11.5. The smallest absolute Gasteiger partial charge is 0.251 e. The van der Waals surface area contributed by atoms with E-state index in [1.54, 1.807) is 25.1 Å². The Bertz CT molecular complexity index is 691. The van der Waals surface area contributed by atoms with Crippen LogP contribution < -0.4 is 5.32 Å². The molecular formula is C17H16N2O2S. The molecule has 2 aromatic rings. The van der Waals surface area contributed by atoms with Crippen LogP contribution in [-0.4, -0.2) is 23.7 Å². The minimum absolute atomic E-state index is 0.213. The monoisotopic (exact) mass is 312 g/mol. The number of aliphatic hydroxyl groups excluding tert-OH is 1. The largest absolute Gasteiger partial charge is 0.392 e. The minimum Gasteiger partial charge on any atom is -0.392 e. The van der Waals surface area contributed by atoms with Gasteiger partial charge in [0, 0.05) is 21.9 Å². The first-order chi connectivity index (χ1) is 10.6. The molecule has 0 saturated heterocycles. The molecule has 0 bridgehead atoms. The van der Waals surface area contributed by atoms with Gasteiger partial charge in [-0.3, -0.25) is 4.79 Å². The predicted octanol–water partition coefficient (Wildman–Crippen LogP) is 2.82. The van der Waals surface area contributed by atoms with Crippen LogP contribution in [0.25, 0.3) is 0 Å². The predicted molar refractivity (Wildman–Crippen MR) is 85.7 cm³/mol. The molecule has 0 aliphatic carbocycles. The summed E-state index contributed by atoms with van der Waals surface area (Å²) in [7, 11) is 0. The van der Waals surface area contributed by atoms with Crippen molar-refractivity contribution in [1.82, 2.24) is 5.32 Å². The molecule has 0 aromatic heterocycles. The molecule has 2 rings (SSSR count). The number of nitriles is 1. The Labute approximate surface area is 133 Å². The third-order valence-corrected chi connectivity index (χ3v) is 3.99. The highest BCUT2D eigenvalue weighted by atomic mass is 32.2. The van der Waals surface area contributed by atoms with E-state index in [0.717, 1.165) is 9.79 Å². The molecule has 112 valence electrons. The van der Waals surface area contributed by atoms with Crippen LogP contribution in [0.3, 0.4) is 0 Å². The third-order valence-electron chi connectivity index (χ3n) is 2.91. The molecule has 0 fully saturated rings. The number of aliphatic hydroxyl groups is 1. The summed E-state index contributed by atoms with van der Waals surface area (Å²) in [4.78, 5) is 13.7. The fraction of sp³-hybridized carbons (Fsp3) is 0.176. The Hall–Kier alpha value is -2.29. The molecular weight excluding hydrogens is 296 g/mol. The number of nitrogens with zero attached hydrogens (tertiary/aromatic N) is 1. The Kier molecular flexibility index (Phi) is 5.59. The fourth-order valence-corrected chi connectivity index (χ4v) is 2.69. The number of carbonyl (C=O) groups is 1. The molecule has 0 radical (unpaired) electrons. The highest BCUT2D eigenvalue weighted by molar-refractivity contribution is 7.99. The Balaban J connectivity index is 2.06. The van der Waals surface area contributed by atoms with E-state index in [1.165, 1.54) is 11.8 Å². The quantitative estimate of drug-likeness (QED) is 0.890. The average Bonchev–Trinajstić information content (AvgIpc) is 2.54. The molecule has 2 aromatic carbocycles. The van der Waals surface area contributed by atoms with Crippen molar-refractivity contribution in [2.24, 2.45) is 0 Å². The topological polar surface area (TPSA) is 73.1 Å². The lowest BCUT2D eigenvalue weighted by Crippen LogP contribution is -2.30. The molecule has 4 nitrogen and oxygen atoms in total. The van der Waals surface area contributed by atoms with Crippen molar-refractivity contribution < 1.29 is 9.90 Å². The lowest BCUT2D eigenvalue weighted by Gasteiger charge is -2.08. The van der Waals surface area contributed by atoms with Crippen molar-refractivity contribution in [3.63, 3.8) is 0 Å². The number of benzene rings is 2. The molecule has 0 saturated carbocycles. The van der Waals surface area contributed by atoms with Gasteiger partial charge in [0.1, 0.15) is 6.07 Å². The van der Waals surface area contributed by atoms with E-state index in [0.29, 0.717) is 11.1 Å². The first-order valence-corrected chi connectivity index (χ1v) is 7.65. The summed E-state index contributed by atoms with van der Waals surface area (Å²) in [5.74, 6) is -0.213. The van der Waals surface area contributed by atoms with Crippen LogP contribution in [0.1, 0.15) is 22.8 Å². The molecule has 0 heterocycles. The number of amides is 1. The van der Waals surface area contributed by atoms with Gasteiger partial charge in [0.2, 0.25) is 0 Å². The van der Waals surface area contributed by atoms with Crippen LogP contribution in [0.2, 0.25) is 0 Å². The van der Waals surface area contributed by atoms with E-state index in [4.69, 9.17) is 10.4 Å². The second-order valence-corrected chi connectivity index (χ2v) is 5.91. The molecule has 0 unspecified atom stereocenters. The molecule has 0 aliphatic rings. The summed E-state index contributed by atoms with van der Waals surface area (Å²) in [6, 6.07) is 16.7. The summed E-state index contributed by atoms with van der Waals surface area (Å²) in [5.41, 5.74) is 1.17. The average molecular weight is 312 g/mol. The van der Waals surface area contributed by atoms with Crippen LogP contribution in [0.15, 0.2) is 58.3 Å². The second-order valence-electron chi connectivity index (χ2n) is 4.79. The molecule has 5 heteroatoms. The van der Waals surface area contributed by atoms with E-state index in [-0.39, 0.29) is 12.5 Å². The fourth-order valence-electron chi connectivity index (χ4n) is 1.79. The standard InChI is InChI=1S/C17H16N2O2S/c1-12(20)11-19-17(21)13-6-8-15(9-7-13)22-16-5-3-2-4-14(16)10-18/h2-9,12,20H,11H2,1H3,(H,19,21)/t12-/m1/s1. The molecule has 2 N–H and O–H groups in total. The maximum atomic E-state index is 11.8. The van der Waals surface area contributed by atoms with Gasteiger partial charge in [-0.1, -0.05) is 23.9 Å². The van der Waals surface area contributed by atoms with Gasteiger partial charge in [-0.05, 0) is 43.3 Å². The van der Waals surface area contributed by atoms with Crippen LogP contribution in [0, 0.1) is 11.3 Å². The number of nitrogens with one attached hydrogen (secondary N) is 1. The van der Waals surface area contributed by atoms with E-state index >= 15 is 0 Å². The van der Waals surface area contributed by atoms with Gasteiger partial charge in [-0.15, -0.1) is 0 Å². The Morgan fingerprint density at radius 3 is 2.59 bits per heavy atom. The van der Waals surface area contributed by atoms with E-state index in [1.807, 2.05) is 30.3 Å². The third kappa shape index (κ3) is 4.35. The van der Waals surface area contributed by atoms with E-state index < -0.39 is 6.10 Å². The zero-order valence-electron chi connectivity index (χ0n) is 12.1. The van der Waals surface area contributed by atoms with Crippen molar-refractivity contribution in [2.75, 3.05) is 6.54 Å². The molecule has 1 amide bonds. The first-order valence-electron chi connectivity index (χ1n) is 6.83. The maximum Gasteiger partial charge on any atom is 0.251 e. The molecule has 0 aliphatic heterocycles. The SMILES string of the molecule is C[C@@H](O)CNC(=O)c1ccc(Sc2ccccc2C#N)cc1. The van der Waals surface area contributed by atoms with Crippen LogP contribution in [0.5, 0.6) is 0 Å². The molecule has 22 heavy (non-hydrogen) atoms. The zero-order chi connectivity index (χ0) is 15.9. The summed E-state index contributed by atoms with van der Waals surface area (Å²) in [6.07, 6.45) is -0.568. The minimum atomic E-state index is -0.568. The highest BCUT2D eigenvalue weighted by Gasteiger charge is 2.07. The number of hydrogen-bond donors (Lipinski definition) is 2. The molecule has 0 spiro atoms. The Morgan fingerprint density at radius 2 is 1.95 bits per heavy atom. The van der Waals surface area contributed by atoms with E-state index in [9.17, 15) is 4.79 Å². The Morgan fingerprint density at radius 1 is 1.27 bits per heavy atom. The lowest BCUT2D eigenvalue weighted by molar-refractivity contribution is 0.0924. The summed E-state index contributed by atoms with van der Waals surface area (Å²) >= 11 is 1.48. The van der Waals surface area contributed by atoms with Crippen LogP contribution in [0.4, 0.5) is 0 Å². The van der Waals surface area contributed by atoms with Gasteiger partial charge in [0.05, 0.1) is 11.7 Å². The van der Waals surface area contributed by atoms with Gasteiger partial charge in [-0.2, -0.15) is 5.26 Å². The number of rotatable bonds is 5. The summed E-state index contributed by atoms with van der Waals surface area (Å²) in [6.45, 7) is 1.84. The molecule has 1 atom stereocenters. The van der Waals surface area contributed by atoms with Gasteiger partial charge >= 0.3 is 0 Å². The van der Waals surface area contributed by atoms with Crippen LogP contribution >= 0.6 is 11.8 Å². The van der Waals surface area contributed by atoms with Gasteiger partial charge in [0.15, 0.2) is 0 Å². The zero-order valence-corrected chi connectivity index (χ0v) is 12.9. The summed E-state index contributed by atoms with van der Waals surface area (Å²) < 4.78 is 0. The van der Waals surface area contributed by atoms with Crippen molar-refractivity contribution >= 4 is 17.7 Å². The van der Waals surface area contributed by atoms with Gasteiger partial charge in [0.25, 0.3) is 5.91 Å². The highest BCUT2D eigenvalue weighted by Crippen LogP contribution is 2.30. The number of carbonyl (C=O) groups excluding carboxylic acids is 1. The van der Waals surface area contributed by atoms with Crippen molar-refractivity contribution in [3.05, 3.63) is 59.7 Å². The van der Waals surface area contributed by atoms with E-state index in [2.05, 4.69) is 11.4 Å². The first kappa shape index (κ1) is 16.1. The van der Waals surface area contributed by atoms with Crippen molar-refractivity contribution in [1.29, 1.82) is 5.26 Å². The van der Waals surface area contributed by atoms with Crippen LogP contribution in [-0.2, 0) is 0 Å². The van der Waals surface area contributed by atoms with Gasteiger partial charge in [-0.25, -0.2) is 0 Å². The number of hydrogen-bond acceptors (Lipinski definition) is 4.